The summed E-state index contributed by atoms with van der Waals surface area (Å²) in [5.74, 6) is -0.0820. The van der Waals surface area contributed by atoms with Crippen LogP contribution in [0.3, 0.4) is 0 Å². The molecule has 11 heteroatoms. The Morgan fingerprint density at radius 2 is 1.92 bits per heavy atom. The van der Waals surface area contributed by atoms with E-state index in [1.54, 1.807) is 44.2 Å². The Morgan fingerprint density at radius 3 is 2.62 bits per heavy atom. The second kappa shape index (κ2) is 10.3. The van der Waals surface area contributed by atoms with Crippen LogP contribution in [-0.2, 0) is 15.7 Å². The van der Waals surface area contributed by atoms with Crippen molar-refractivity contribution in [3.8, 4) is 11.3 Å². The standard InChI is InChI=1S/C28H20ClF3N2O4S/c1-3-37-26(36)23-15(2)33-27-34(24(23)16-7-9-19(29)10-8-16)25(35)22(39-27)14-20-11-12-21(38-20)17-5-4-6-18(13-17)28(30,31)32/h4-14,24H,3H2,1-2H3/t24-/m1/s1. The van der Waals surface area contributed by atoms with Gasteiger partial charge in [0.15, 0.2) is 4.80 Å². The van der Waals surface area contributed by atoms with E-state index < -0.39 is 29.3 Å². The maximum Gasteiger partial charge on any atom is 0.416 e. The lowest BCUT2D eigenvalue weighted by atomic mass is 9.96. The van der Waals surface area contributed by atoms with Gasteiger partial charge in [-0.05, 0) is 55.8 Å². The monoisotopic (exact) mass is 572 g/mol. The molecule has 0 saturated carbocycles. The number of rotatable bonds is 5. The number of nitrogens with zero attached hydrogens (tertiary/aromatic N) is 2. The zero-order valence-electron chi connectivity index (χ0n) is 20.6. The number of hydrogen-bond donors (Lipinski definition) is 0. The lowest BCUT2D eigenvalue weighted by Gasteiger charge is -2.24. The largest absolute Gasteiger partial charge is 0.463 e. The first kappa shape index (κ1) is 26.7. The highest BCUT2D eigenvalue weighted by atomic mass is 35.5. The molecule has 0 spiro atoms. The van der Waals surface area contributed by atoms with Gasteiger partial charge < -0.3 is 9.15 Å². The van der Waals surface area contributed by atoms with Crippen molar-refractivity contribution in [2.75, 3.05) is 6.61 Å². The summed E-state index contributed by atoms with van der Waals surface area (Å²) in [6.07, 6.45) is -2.98. The summed E-state index contributed by atoms with van der Waals surface area (Å²) in [5, 5.41) is 0.499. The molecule has 0 amide bonds. The van der Waals surface area contributed by atoms with Crippen LogP contribution in [0.4, 0.5) is 13.2 Å². The van der Waals surface area contributed by atoms with E-state index in [2.05, 4.69) is 4.99 Å². The van der Waals surface area contributed by atoms with Gasteiger partial charge in [-0.1, -0.05) is 47.2 Å². The molecule has 5 rings (SSSR count). The molecule has 1 atom stereocenters. The van der Waals surface area contributed by atoms with Gasteiger partial charge in [0, 0.05) is 16.7 Å². The fourth-order valence-corrected chi connectivity index (χ4v) is 5.47. The van der Waals surface area contributed by atoms with Crippen LogP contribution in [0, 0.1) is 0 Å². The van der Waals surface area contributed by atoms with Gasteiger partial charge in [-0.25, -0.2) is 9.79 Å². The van der Waals surface area contributed by atoms with Crippen molar-refractivity contribution >= 4 is 35.0 Å². The number of hydrogen-bond acceptors (Lipinski definition) is 6. The zero-order chi connectivity index (χ0) is 27.9. The molecule has 0 fully saturated rings. The van der Waals surface area contributed by atoms with Gasteiger partial charge in [-0.3, -0.25) is 9.36 Å². The van der Waals surface area contributed by atoms with Gasteiger partial charge in [0.2, 0.25) is 0 Å². The van der Waals surface area contributed by atoms with Gasteiger partial charge >= 0.3 is 12.1 Å². The van der Waals surface area contributed by atoms with Crippen LogP contribution in [0.1, 0.15) is 36.8 Å². The van der Waals surface area contributed by atoms with Crippen LogP contribution in [0.2, 0.25) is 5.02 Å². The molecular formula is C28H20ClF3N2O4S. The zero-order valence-corrected chi connectivity index (χ0v) is 22.2. The molecule has 1 aliphatic heterocycles. The van der Waals surface area contributed by atoms with Gasteiger partial charge in [-0.2, -0.15) is 13.2 Å². The van der Waals surface area contributed by atoms with Crippen LogP contribution >= 0.6 is 22.9 Å². The summed E-state index contributed by atoms with van der Waals surface area (Å²) in [6.45, 7) is 3.53. The SMILES string of the molecule is CCOC(=O)C1=C(C)N=c2sc(=Cc3ccc(-c4cccc(C(F)(F)F)c4)o3)c(=O)n2[C@@H]1c1ccc(Cl)cc1. The Kier molecular flexibility index (Phi) is 7.09. The highest BCUT2D eigenvalue weighted by Gasteiger charge is 2.33. The van der Waals surface area contributed by atoms with E-state index in [4.69, 9.17) is 20.8 Å². The van der Waals surface area contributed by atoms with Crippen LogP contribution in [0.15, 0.2) is 86.1 Å². The number of halogens is 4. The first-order chi connectivity index (χ1) is 18.6. The van der Waals surface area contributed by atoms with Crippen LogP contribution in [0.5, 0.6) is 0 Å². The van der Waals surface area contributed by atoms with Gasteiger partial charge in [0.25, 0.3) is 5.56 Å². The minimum Gasteiger partial charge on any atom is -0.463 e. The number of alkyl halides is 3. The minimum atomic E-state index is -4.49. The number of esters is 1. The van der Waals surface area contributed by atoms with Crippen molar-refractivity contribution in [1.29, 1.82) is 0 Å². The predicted octanol–water partition coefficient (Wildman–Crippen LogP) is 5.73. The first-order valence-electron chi connectivity index (χ1n) is 11.8. The summed E-state index contributed by atoms with van der Waals surface area (Å²) in [6, 6.07) is 13.9. The summed E-state index contributed by atoms with van der Waals surface area (Å²) in [5.41, 5.74) is 0.359. The molecule has 0 saturated heterocycles. The average molecular weight is 573 g/mol. The van der Waals surface area contributed by atoms with E-state index in [0.29, 0.717) is 21.1 Å². The van der Waals surface area contributed by atoms with Gasteiger partial charge in [0.05, 0.1) is 34.0 Å². The molecule has 39 heavy (non-hydrogen) atoms. The third-order valence-electron chi connectivity index (χ3n) is 6.08. The van der Waals surface area contributed by atoms with E-state index >= 15 is 0 Å². The van der Waals surface area contributed by atoms with Crippen molar-refractivity contribution in [2.45, 2.75) is 26.1 Å². The molecule has 2 aromatic heterocycles. The lowest BCUT2D eigenvalue weighted by Crippen LogP contribution is -2.39. The van der Waals surface area contributed by atoms with Crippen LogP contribution < -0.4 is 14.9 Å². The number of allylic oxidation sites excluding steroid dienone is 1. The smallest absolute Gasteiger partial charge is 0.416 e. The Bertz CT molecular complexity index is 1780. The predicted molar refractivity (Wildman–Crippen MR) is 141 cm³/mol. The van der Waals surface area contributed by atoms with Crippen molar-refractivity contribution < 1.29 is 27.1 Å². The molecule has 3 heterocycles. The maximum atomic E-state index is 13.6. The summed E-state index contributed by atoms with van der Waals surface area (Å²) in [7, 11) is 0. The van der Waals surface area contributed by atoms with E-state index in [-0.39, 0.29) is 33.8 Å². The molecule has 0 bridgehead atoms. The van der Waals surface area contributed by atoms with Gasteiger partial charge in [-0.15, -0.1) is 0 Å². The molecular weight excluding hydrogens is 553 g/mol. The number of benzene rings is 2. The number of fused-ring (bicyclic) bond motifs is 1. The summed E-state index contributed by atoms with van der Waals surface area (Å²) < 4.78 is 52.1. The topological polar surface area (TPSA) is 73.8 Å². The Labute approximate surface area is 228 Å². The number of thiazole rings is 1. The van der Waals surface area contributed by atoms with Crippen molar-refractivity contribution in [1.82, 2.24) is 4.57 Å². The second-order valence-corrected chi connectivity index (χ2v) is 10.1. The highest BCUT2D eigenvalue weighted by molar-refractivity contribution is 7.07. The number of furan rings is 1. The summed E-state index contributed by atoms with van der Waals surface area (Å²) >= 11 is 7.18. The first-order valence-corrected chi connectivity index (χ1v) is 13.0. The number of carbonyl (C=O) groups excluding carboxylic acids is 1. The second-order valence-electron chi connectivity index (χ2n) is 8.63. The fraction of sp³-hybridized carbons (Fsp3) is 0.179. The average Bonchev–Trinajstić information content (AvgIpc) is 3.48. The van der Waals surface area contributed by atoms with Gasteiger partial charge in [0.1, 0.15) is 11.5 Å². The van der Waals surface area contributed by atoms with Crippen molar-refractivity contribution in [3.05, 3.63) is 114 Å². The Hall–Kier alpha value is -3.89. The normalized spacial score (nSPS) is 15.7. The minimum absolute atomic E-state index is 0.153. The third-order valence-corrected chi connectivity index (χ3v) is 7.31. The molecule has 2 aromatic carbocycles. The molecule has 1 aliphatic rings. The quantitative estimate of drug-likeness (QED) is 0.286. The van der Waals surface area contributed by atoms with Crippen molar-refractivity contribution in [2.24, 2.45) is 4.99 Å². The number of carbonyl (C=O) groups is 1. The Balaban J connectivity index is 1.60. The van der Waals surface area contributed by atoms with Crippen LogP contribution in [-0.4, -0.2) is 17.1 Å². The van der Waals surface area contributed by atoms with E-state index in [0.717, 1.165) is 23.5 Å². The van der Waals surface area contributed by atoms with Crippen molar-refractivity contribution in [3.63, 3.8) is 0 Å². The number of aromatic nitrogens is 1. The molecule has 0 N–H and O–H groups in total. The maximum absolute atomic E-state index is 13.6. The lowest BCUT2D eigenvalue weighted by molar-refractivity contribution is -0.139. The van der Waals surface area contributed by atoms with E-state index in [9.17, 15) is 22.8 Å². The third kappa shape index (κ3) is 5.22. The van der Waals surface area contributed by atoms with E-state index in [1.807, 2.05) is 0 Å². The molecule has 0 radical (unpaired) electrons. The molecule has 4 aromatic rings. The van der Waals surface area contributed by atoms with Crippen LogP contribution in [0.25, 0.3) is 17.4 Å². The van der Waals surface area contributed by atoms with E-state index in [1.165, 1.54) is 28.8 Å². The molecule has 0 unspecified atom stereocenters. The number of ether oxygens (including phenoxy) is 1. The molecule has 0 aliphatic carbocycles. The molecule has 6 nitrogen and oxygen atoms in total. The Morgan fingerprint density at radius 1 is 1.18 bits per heavy atom. The fourth-order valence-electron chi connectivity index (χ4n) is 4.32. The molecule has 200 valence electrons. The summed E-state index contributed by atoms with van der Waals surface area (Å²) in [4.78, 5) is 31.5. The highest BCUT2D eigenvalue weighted by Crippen LogP contribution is 2.33.